The number of carboxylic acids is 1. The Labute approximate surface area is 224 Å². The Balaban J connectivity index is 1.32. The molecule has 208 valence electrons. The summed E-state index contributed by atoms with van der Waals surface area (Å²) in [5.74, 6) is -4.02. The van der Waals surface area contributed by atoms with Crippen LogP contribution in [0.1, 0.15) is 49.5 Å². The lowest BCUT2D eigenvalue weighted by atomic mass is 9.91. The second-order valence-corrected chi connectivity index (χ2v) is 11.2. The van der Waals surface area contributed by atoms with E-state index in [2.05, 4.69) is 10.00 Å². The number of aliphatic hydroxyl groups is 1. The lowest BCUT2D eigenvalue weighted by Gasteiger charge is -2.38. The maximum atomic E-state index is 14.7. The monoisotopic (exact) mass is 544 g/mol. The average Bonchev–Trinajstić information content (AvgIpc) is 3.41. The van der Waals surface area contributed by atoms with E-state index in [0.717, 1.165) is 0 Å². The summed E-state index contributed by atoms with van der Waals surface area (Å²) in [5.41, 5.74) is 0.206. The van der Waals surface area contributed by atoms with Gasteiger partial charge in [-0.05, 0) is 57.9 Å². The van der Waals surface area contributed by atoms with Gasteiger partial charge in [0.2, 0.25) is 6.41 Å². The van der Waals surface area contributed by atoms with Gasteiger partial charge in [-0.2, -0.15) is 5.10 Å². The highest BCUT2D eigenvalue weighted by atomic mass is 19.1. The summed E-state index contributed by atoms with van der Waals surface area (Å²) in [4.78, 5) is 15.0. The highest BCUT2D eigenvalue weighted by Crippen LogP contribution is 2.38. The Morgan fingerprint density at radius 3 is 2.28 bits per heavy atom. The second kappa shape index (κ2) is 9.96. The largest absolute Gasteiger partial charge is 0.478 e. The van der Waals surface area contributed by atoms with Crippen LogP contribution in [-0.4, -0.2) is 62.5 Å². The van der Waals surface area contributed by atoms with Crippen LogP contribution < -0.4 is 4.90 Å². The van der Waals surface area contributed by atoms with Gasteiger partial charge in [-0.1, -0.05) is 0 Å². The molecule has 8 nitrogen and oxygen atoms in total. The number of carbonyl (C=O) groups is 1. The SMILES string of the molecule is CC(C)(C)n1cc(CN2CCC3(CC2)CN(c2ccc(C(=O)O)cc2)C(O)O3)c(-c2c(F)cc(F)cc2F)n1. The van der Waals surface area contributed by atoms with Gasteiger partial charge < -0.3 is 19.8 Å². The number of halogens is 3. The molecule has 1 atom stereocenters. The number of benzene rings is 2. The van der Waals surface area contributed by atoms with Crippen LogP contribution in [0.25, 0.3) is 11.3 Å². The van der Waals surface area contributed by atoms with Crippen LogP contribution in [-0.2, 0) is 16.8 Å². The van der Waals surface area contributed by atoms with Crippen LogP contribution in [0.3, 0.4) is 0 Å². The number of anilines is 1. The van der Waals surface area contributed by atoms with E-state index in [9.17, 15) is 23.1 Å². The molecule has 2 aliphatic rings. The fraction of sp³-hybridized carbons (Fsp3) is 0.429. The van der Waals surface area contributed by atoms with Gasteiger partial charge in [-0.25, -0.2) is 18.0 Å². The first-order valence-electron chi connectivity index (χ1n) is 12.8. The zero-order valence-electron chi connectivity index (χ0n) is 22.0. The Morgan fingerprint density at radius 2 is 1.72 bits per heavy atom. The Morgan fingerprint density at radius 1 is 1.10 bits per heavy atom. The fourth-order valence-electron chi connectivity index (χ4n) is 5.21. The molecule has 1 aromatic heterocycles. The van der Waals surface area contributed by atoms with Crippen molar-refractivity contribution in [3.05, 3.63) is 71.2 Å². The first kappa shape index (κ1) is 27.2. The van der Waals surface area contributed by atoms with Crippen LogP contribution in [0.5, 0.6) is 0 Å². The van der Waals surface area contributed by atoms with Crippen LogP contribution in [0.15, 0.2) is 42.6 Å². The zero-order chi connectivity index (χ0) is 28.1. The van der Waals surface area contributed by atoms with Crippen LogP contribution >= 0.6 is 0 Å². The van der Waals surface area contributed by atoms with Crippen molar-refractivity contribution in [1.82, 2.24) is 14.7 Å². The molecule has 1 spiro atoms. The van der Waals surface area contributed by atoms with Crippen molar-refractivity contribution in [3.63, 3.8) is 0 Å². The molecule has 2 aromatic carbocycles. The Bertz CT molecular complexity index is 1360. The van der Waals surface area contributed by atoms with Crippen LogP contribution in [0.4, 0.5) is 18.9 Å². The van der Waals surface area contributed by atoms with E-state index in [1.165, 1.54) is 12.1 Å². The number of rotatable bonds is 5. The van der Waals surface area contributed by atoms with Crippen molar-refractivity contribution < 1.29 is 32.9 Å². The summed E-state index contributed by atoms with van der Waals surface area (Å²) >= 11 is 0. The Kier molecular flexibility index (Phi) is 6.94. The predicted octanol–water partition coefficient (Wildman–Crippen LogP) is 4.57. The molecule has 2 saturated heterocycles. The first-order chi connectivity index (χ1) is 18.3. The molecule has 11 heteroatoms. The fourth-order valence-corrected chi connectivity index (χ4v) is 5.21. The van der Waals surface area contributed by atoms with Crippen molar-refractivity contribution in [2.45, 2.75) is 57.7 Å². The minimum Gasteiger partial charge on any atom is -0.478 e. The molecule has 2 N–H and O–H groups in total. The molecule has 5 rings (SSSR count). The van der Waals surface area contributed by atoms with E-state index >= 15 is 0 Å². The second-order valence-electron chi connectivity index (χ2n) is 11.2. The van der Waals surface area contributed by atoms with Gasteiger partial charge >= 0.3 is 5.97 Å². The van der Waals surface area contributed by atoms with E-state index < -0.39 is 41.0 Å². The molecule has 3 aromatic rings. The molecule has 1 unspecified atom stereocenters. The molecule has 0 amide bonds. The van der Waals surface area contributed by atoms with E-state index in [1.54, 1.807) is 27.9 Å². The average molecular weight is 545 g/mol. The number of aromatic nitrogens is 2. The molecule has 2 fully saturated rings. The third-order valence-electron chi connectivity index (χ3n) is 7.41. The third kappa shape index (κ3) is 5.39. The maximum absolute atomic E-state index is 14.7. The number of ether oxygens (including phenoxy) is 1. The van der Waals surface area contributed by atoms with Crippen LogP contribution in [0, 0.1) is 17.5 Å². The van der Waals surface area contributed by atoms with Gasteiger partial charge in [-0.3, -0.25) is 9.58 Å². The van der Waals surface area contributed by atoms with Crippen molar-refractivity contribution in [2.24, 2.45) is 0 Å². The quantitative estimate of drug-likeness (QED) is 0.487. The number of aliphatic hydroxyl groups excluding tert-OH is 1. The number of carboxylic acid groups (broad SMARTS) is 1. The van der Waals surface area contributed by atoms with Gasteiger partial charge in [0.1, 0.15) is 23.1 Å². The topological polar surface area (TPSA) is 91.1 Å². The predicted molar refractivity (Wildman–Crippen MR) is 138 cm³/mol. The van der Waals surface area contributed by atoms with Crippen molar-refractivity contribution in [1.29, 1.82) is 0 Å². The summed E-state index contributed by atoms with van der Waals surface area (Å²) in [6.45, 7) is 7.81. The molecule has 39 heavy (non-hydrogen) atoms. The summed E-state index contributed by atoms with van der Waals surface area (Å²) < 4.78 is 50.7. The standard InChI is InChI=1S/C28H31F3N4O4/c1-27(2,3)35-15-18(24(32-35)23-21(30)12-19(29)13-22(23)31)14-33-10-8-28(9-11-33)16-34(26(38)39-28)20-6-4-17(5-7-20)25(36)37/h4-7,12-13,15,26,38H,8-11,14,16H2,1-3H3,(H,36,37). The number of likely N-dealkylation sites (tertiary alicyclic amines) is 1. The summed E-state index contributed by atoms with van der Waals surface area (Å²) in [6, 6.07) is 7.58. The van der Waals surface area contributed by atoms with Crippen molar-refractivity contribution in [3.8, 4) is 11.3 Å². The van der Waals surface area contributed by atoms with Crippen molar-refractivity contribution in [2.75, 3.05) is 24.5 Å². The lowest BCUT2D eigenvalue weighted by Crippen LogP contribution is -2.46. The number of hydrogen-bond donors (Lipinski definition) is 2. The summed E-state index contributed by atoms with van der Waals surface area (Å²) in [6.07, 6.45) is 1.83. The lowest BCUT2D eigenvalue weighted by molar-refractivity contribution is -0.151. The number of piperidine rings is 1. The molecule has 2 aliphatic heterocycles. The highest BCUT2D eigenvalue weighted by molar-refractivity contribution is 5.88. The van der Waals surface area contributed by atoms with E-state index in [1.807, 2.05) is 20.8 Å². The highest BCUT2D eigenvalue weighted by Gasteiger charge is 2.46. The number of aromatic carboxylic acids is 1. The number of hydrogen-bond acceptors (Lipinski definition) is 6. The number of nitrogens with zero attached hydrogens (tertiary/aromatic N) is 4. The van der Waals surface area contributed by atoms with Gasteiger partial charge in [0.25, 0.3) is 0 Å². The third-order valence-corrected chi connectivity index (χ3v) is 7.41. The smallest absolute Gasteiger partial charge is 0.335 e. The van der Waals surface area contributed by atoms with Gasteiger partial charge in [-0.15, -0.1) is 0 Å². The first-order valence-corrected chi connectivity index (χ1v) is 12.8. The minimum atomic E-state index is -1.16. The molecular formula is C28H31F3N4O4. The molecular weight excluding hydrogens is 513 g/mol. The zero-order valence-corrected chi connectivity index (χ0v) is 22.0. The molecule has 0 bridgehead atoms. The summed E-state index contributed by atoms with van der Waals surface area (Å²) in [7, 11) is 0. The minimum absolute atomic E-state index is 0.142. The van der Waals surface area contributed by atoms with Gasteiger partial charge in [0.15, 0.2) is 0 Å². The summed E-state index contributed by atoms with van der Waals surface area (Å²) in [5, 5.41) is 24.2. The maximum Gasteiger partial charge on any atom is 0.335 e. The van der Waals surface area contributed by atoms with Gasteiger partial charge in [0, 0.05) is 49.2 Å². The molecule has 0 aliphatic carbocycles. The molecule has 0 saturated carbocycles. The Hall–Kier alpha value is -3.41. The van der Waals surface area contributed by atoms with Crippen molar-refractivity contribution >= 4 is 11.7 Å². The van der Waals surface area contributed by atoms with E-state index in [0.29, 0.717) is 62.4 Å². The van der Waals surface area contributed by atoms with Crippen LogP contribution in [0.2, 0.25) is 0 Å². The normalized spacial score (nSPS) is 19.7. The molecule has 0 radical (unpaired) electrons. The van der Waals surface area contributed by atoms with E-state index in [-0.39, 0.29) is 16.8 Å². The van der Waals surface area contributed by atoms with E-state index in [4.69, 9.17) is 9.84 Å². The van der Waals surface area contributed by atoms with Gasteiger partial charge in [0.05, 0.1) is 28.8 Å². The molecule has 3 heterocycles.